The molecule has 1 heterocycles. The summed E-state index contributed by atoms with van der Waals surface area (Å²) in [6.07, 6.45) is 2.50. The molecule has 0 spiro atoms. The molecular formula is C15H13NOS. The van der Waals surface area contributed by atoms with Gasteiger partial charge in [0.2, 0.25) is 0 Å². The highest BCUT2D eigenvalue weighted by Gasteiger charge is 1.94. The minimum absolute atomic E-state index is 0.143. The molecule has 0 bridgehead atoms. The highest BCUT2D eigenvalue weighted by atomic mass is 32.2. The molecule has 0 atom stereocenters. The number of hydrogen-bond donors (Lipinski definition) is 0. The van der Waals surface area contributed by atoms with Gasteiger partial charge in [-0.15, -0.1) is 0 Å². The average molecular weight is 255 g/mol. The Kier molecular flexibility index (Phi) is 4.38. The number of para-hydroxylation sites is 1. The third-order valence-corrected chi connectivity index (χ3v) is 3.17. The van der Waals surface area contributed by atoms with Crippen molar-refractivity contribution in [3.63, 3.8) is 0 Å². The Morgan fingerprint density at radius 2 is 2.22 bits per heavy atom. The van der Waals surface area contributed by atoms with Gasteiger partial charge in [-0.25, -0.2) is 0 Å². The van der Waals surface area contributed by atoms with Gasteiger partial charge in [-0.05, 0) is 12.1 Å². The van der Waals surface area contributed by atoms with Crippen molar-refractivity contribution in [2.24, 2.45) is 0 Å². The summed E-state index contributed by atoms with van der Waals surface area (Å²) in [5.41, 5.74) is 1.90. The Bertz CT molecular complexity index is 625. The number of rotatable bonds is 2. The second kappa shape index (κ2) is 6.23. The predicted molar refractivity (Wildman–Crippen MR) is 76.4 cm³/mol. The second-order valence-electron chi connectivity index (χ2n) is 3.81. The molecule has 0 aliphatic heterocycles. The van der Waals surface area contributed by atoms with Gasteiger partial charge in [0.05, 0.1) is 5.52 Å². The second-order valence-corrected chi connectivity index (χ2v) is 5.08. The van der Waals surface area contributed by atoms with E-state index in [0.29, 0.717) is 0 Å². The Labute approximate surface area is 111 Å². The first-order valence-corrected chi connectivity index (χ1v) is 6.71. The van der Waals surface area contributed by atoms with Crippen molar-refractivity contribution in [1.29, 1.82) is 0 Å². The number of carbonyl (C=O) groups is 1. The normalized spacial score (nSPS) is 9.83. The molecule has 1 aromatic heterocycles. The molecule has 3 heteroatoms. The lowest BCUT2D eigenvalue weighted by Gasteiger charge is -1.96. The fraction of sp³-hybridized carbons (Fsp3) is 0.200. The number of nitrogens with zero attached hydrogens (tertiary/aromatic N) is 1. The largest absolute Gasteiger partial charge is 0.288 e. The molecule has 2 aromatic rings. The van der Waals surface area contributed by atoms with Crippen molar-refractivity contribution in [3.05, 3.63) is 42.1 Å². The van der Waals surface area contributed by atoms with Gasteiger partial charge in [-0.1, -0.05) is 41.8 Å². The van der Waals surface area contributed by atoms with Crippen LogP contribution in [0.2, 0.25) is 0 Å². The molecule has 0 saturated heterocycles. The summed E-state index contributed by atoms with van der Waals surface area (Å²) in [6.45, 7) is 1.57. The molecular weight excluding hydrogens is 242 g/mol. The van der Waals surface area contributed by atoms with Gasteiger partial charge in [0.1, 0.15) is 0 Å². The molecule has 0 radical (unpaired) electrons. The number of carbonyl (C=O) groups excluding carboxylic acids is 1. The highest BCUT2D eigenvalue weighted by molar-refractivity contribution is 8.13. The average Bonchev–Trinajstić information content (AvgIpc) is 2.38. The molecule has 90 valence electrons. The first kappa shape index (κ1) is 12.7. The lowest BCUT2D eigenvalue weighted by atomic mass is 10.1. The van der Waals surface area contributed by atoms with E-state index in [2.05, 4.69) is 16.8 Å². The van der Waals surface area contributed by atoms with E-state index < -0.39 is 0 Å². The molecule has 18 heavy (non-hydrogen) atoms. The standard InChI is InChI=1S/C15H13NOS/c1-12(17)18-9-5-4-6-13-10-14-7-2-3-8-15(14)16-11-13/h2-3,7-8,10-11H,5,9H2,1H3. The fourth-order valence-corrected chi connectivity index (χ4v) is 2.04. The van der Waals surface area contributed by atoms with Crippen LogP contribution in [0.3, 0.4) is 0 Å². The molecule has 2 nitrogen and oxygen atoms in total. The Hall–Kier alpha value is -1.79. The van der Waals surface area contributed by atoms with Crippen molar-refractivity contribution in [3.8, 4) is 11.8 Å². The molecule has 0 aliphatic carbocycles. The van der Waals surface area contributed by atoms with Crippen molar-refractivity contribution >= 4 is 27.8 Å². The number of thioether (sulfide) groups is 1. The van der Waals surface area contributed by atoms with Crippen LogP contribution in [0.1, 0.15) is 18.9 Å². The topological polar surface area (TPSA) is 30.0 Å². The van der Waals surface area contributed by atoms with Gasteiger partial charge in [0.15, 0.2) is 5.12 Å². The third-order valence-electron chi connectivity index (χ3n) is 2.36. The van der Waals surface area contributed by atoms with Gasteiger partial charge in [0.25, 0.3) is 0 Å². The lowest BCUT2D eigenvalue weighted by Crippen LogP contribution is -1.84. The summed E-state index contributed by atoms with van der Waals surface area (Å²) in [5.74, 6) is 6.89. The van der Waals surface area contributed by atoms with Gasteiger partial charge in [-0.3, -0.25) is 9.78 Å². The quantitative estimate of drug-likeness (QED) is 0.609. The Balaban J connectivity index is 2.03. The van der Waals surface area contributed by atoms with Crippen LogP contribution in [0.25, 0.3) is 10.9 Å². The van der Waals surface area contributed by atoms with Gasteiger partial charge in [-0.2, -0.15) is 0 Å². The summed E-state index contributed by atoms with van der Waals surface area (Å²) in [4.78, 5) is 15.1. The summed E-state index contributed by atoms with van der Waals surface area (Å²) in [5, 5.41) is 1.24. The van der Waals surface area contributed by atoms with E-state index in [0.717, 1.165) is 28.6 Å². The minimum Gasteiger partial charge on any atom is -0.288 e. The lowest BCUT2D eigenvalue weighted by molar-refractivity contribution is -0.109. The van der Waals surface area contributed by atoms with E-state index in [1.54, 1.807) is 13.1 Å². The summed E-state index contributed by atoms with van der Waals surface area (Å²) in [6, 6.07) is 10.0. The van der Waals surface area contributed by atoms with Gasteiger partial charge < -0.3 is 0 Å². The van der Waals surface area contributed by atoms with E-state index in [4.69, 9.17) is 0 Å². The maximum Gasteiger partial charge on any atom is 0.185 e. The maximum atomic E-state index is 10.7. The van der Waals surface area contributed by atoms with Crippen LogP contribution < -0.4 is 0 Å². The molecule has 0 saturated carbocycles. The summed E-state index contributed by atoms with van der Waals surface area (Å²) in [7, 11) is 0. The van der Waals surface area contributed by atoms with Gasteiger partial charge in [0, 0.05) is 36.2 Å². The zero-order valence-corrected chi connectivity index (χ0v) is 11.0. The molecule has 0 unspecified atom stereocenters. The van der Waals surface area contributed by atoms with E-state index >= 15 is 0 Å². The smallest absolute Gasteiger partial charge is 0.185 e. The van der Waals surface area contributed by atoms with Crippen LogP contribution in [0.15, 0.2) is 36.5 Å². The zero-order chi connectivity index (χ0) is 12.8. The van der Waals surface area contributed by atoms with E-state index in [-0.39, 0.29) is 5.12 Å². The van der Waals surface area contributed by atoms with E-state index in [9.17, 15) is 4.79 Å². The molecule has 0 aliphatic rings. The molecule has 2 rings (SSSR count). The molecule has 0 N–H and O–H groups in total. The number of benzene rings is 1. The third kappa shape index (κ3) is 3.61. The number of hydrogen-bond acceptors (Lipinski definition) is 3. The van der Waals surface area contributed by atoms with Gasteiger partial charge >= 0.3 is 0 Å². The van der Waals surface area contributed by atoms with Crippen LogP contribution in [0.4, 0.5) is 0 Å². The van der Waals surface area contributed by atoms with Crippen molar-refractivity contribution < 1.29 is 4.79 Å². The SMILES string of the molecule is CC(=O)SCCC#Cc1cnc2ccccc2c1. The minimum atomic E-state index is 0.143. The molecule has 0 fully saturated rings. The fourth-order valence-electron chi connectivity index (χ4n) is 1.55. The first-order valence-electron chi connectivity index (χ1n) is 5.73. The zero-order valence-electron chi connectivity index (χ0n) is 10.1. The van der Waals surface area contributed by atoms with Crippen LogP contribution in [0.5, 0.6) is 0 Å². The first-order chi connectivity index (χ1) is 8.75. The maximum absolute atomic E-state index is 10.7. The van der Waals surface area contributed by atoms with Crippen LogP contribution in [-0.2, 0) is 4.79 Å². The Morgan fingerprint density at radius 3 is 3.06 bits per heavy atom. The Morgan fingerprint density at radius 1 is 1.39 bits per heavy atom. The van der Waals surface area contributed by atoms with Crippen LogP contribution in [0, 0.1) is 11.8 Å². The predicted octanol–water partition coefficient (Wildman–Crippen LogP) is 3.26. The van der Waals surface area contributed by atoms with Crippen molar-refractivity contribution in [1.82, 2.24) is 4.98 Å². The van der Waals surface area contributed by atoms with E-state index in [1.807, 2.05) is 30.3 Å². The monoisotopic (exact) mass is 255 g/mol. The molecule has 1 aromatic carbocycles. The highest BCUT2D eigenvalue weighted by Crippen LogP contribution is 2.11. The number of pyridine rings is 1. The van der Waals surface area contributed by atoms with Crippen molar-refractivity contribution in [2.75, 3.05) is 5.75 Å². The number of aromatic nitrogens is 1. The summed E-state index contributed by atoms with van der Waals surface area (Å²) < 4.78 is 0. The molecule has 0 amide bonds. The van der Waals surface area contributed by atoms with Crippen molar-refractivity contribution in [2.45, 2.75) is 13.3 Å². The summed E-state index contributed by atoms with van der Waals surface area (Å²) >= 11 is 1.31. The van der Waals surface area contributed by atoms with E-state index in [1.165, 1.54) is 11.8 Å². The van der Waals surface area contributed by atoms with Crippen LogP contribution >= 0.6 is 11.8 Å². The van der Waals surface area contributed by atoms with Crippen LogP contribution in [-0.4, -0.2) is 15.9 Å². The number of fused-ring (bicyclic) bond motifs is 1.